The molecule has 0 aliphatic carbocycles. The van der Waals surface area contributed by atoms with Crippen LogP contribution in [0.2, 0.25) is 0 Å². The van der Waals surface area contributed by atoms with Gasteiger partial charge in [0.1, 0.15) is 29.2 Å². The maximum atomic E-state index is 11.9. The molecule has 1 aromatic carbocycles. The predicted molar refractivity (Wildman–Crippen MR) is 101 cm³/mol. The van der Waals surface area contributed by atoms with Crippen LogP contribution in [0.15, 0.2) is 45.6 Å². The summed E-state index contributed by atoms with van der Waals surface area (Å²) in [4.78, 5) is 26.8. The van der Waals surface area contributed by atoms with Gasteiger partial charge in [-0.3, -0.25) is 0 Å². The molecule has 1 saturated heterocycles. The largest absolute Gasteiger partial charge is 0.480 e. The average molecular weight is 379 g/mol. The second kappa shape index (κ2) is 6.22. The Labute approximate surface area is 159 Å². The Morgan fingerprint density at radius 2 is 2.18 bits per heavy atom. The Morgan fingerprint density at radius 1 is 1.32 bits per heavy atom. The second-order valence-corrected chi connectivity index (χ2v) is 6.79. The number of furan rings is 1. The van der Waals surface area contributed by atoms with Crippen molar-refractivity contribution in [1.29, 1.82) is 0 Å². The molecule has 2 unspecified atom stereocenters. The van der Waals surface area contributed by atoms with Crippen LogP contribution in [0.25, 0.3) is 22.1 Å². The van der Waals surface area contributed by atoms with Crippen molar-refractivity contribution < 1.29 is 18.7 Å². The van der Waals surface area contributed by atoms with E-state index in [0.717, 1.165) is 5.39 Å². The zero-order valence-electron chi connectivity index (χ0n) is 15.0. The first-order chi connectivity index (χ1) is 13.6. The number of oxazole rings is 1. The number of nitrogens with one attached hydrogen (secondary N) is 1. The lowest BCUT2D eigenvalue weighted by Gasteiger charge is -2.22. The number of aliphatic carboxylic acids is 1. The van der Waals surface area contributed by atoms with E-state index >= 15 is 0 Å². The molecule has 4 aromatic rings. The van der Waals surface area contributed by atoms with Crippen LogP contribution in [0.1, 0.15) is 12.2 Å². The van der Waals surface area contributed by atoms with E-state index < -0.39 is 12.0 Å². The quantitative estimate of drug-likeness (QED) is 0.552. The zero-order valence-corrected chi connectivity index (χ0v) is 15.0. The van der Waals surface area contributed by atoms with E-state index in [1.165, 1.54) is 12.5 Å². The Morgan fingerprint density at radius 3 is 2.96 bits per heavy atom. The Kier molecular flexibility index (Phi) is 3.68. The lowest BCUT2D eigenvalue weighted by Crippen LogP contribution is -2.37. The molecule has 9 nitrogen and oxygen atoms in total. The summed E-state index contributed by atoms with van der Waals surface area (Å²) in [6, 6.07) is 7.05. The fourth-order valence-corrected chi connectivity index (χ4v) is 3.76. The van der Waals surface area contributed by atoms with Crippen molar-refractivity contribution in [2.45, 2.75) is 25.4 Å². The van der Waals surface area contributed by atoms with Crippen LogP contribution in [0, 0.1) is 6.92 Å². The summed E-state index contributed by atoms with van der Waals surface area (Å²) >= 11 is 0. The first-order valence-electron chi connectivity index (χ1n) is 8.91. The van der Waals surface area contributed by atoms with E-state index in [2.05, 4.69) is 20.3 Å². The third-order valence-corrected chi connectivity index (χ3v) is 4.93. The van der Waals surface area contributed by atoms with Gasteiger partial charge in [-0.15, -0.1) is 0 Å². The summed E-state index contributed by atoms with van der Waals surface area (Å²) < 4.78 is 11.2. The topological polar surface area (TPSA) is 118 Å². The molecule has 0 saturated carbocycles. The highest BCUT2D eigenvalue weighted by molar-refractivity contribution is 6.06. The molecule has 3 aromatic heterocycles. The lowest BCUT2D eigenvalue weighted by molar-refractivity contribution is -0.138. The van der Waals surface area contributed by atoms with Crippen molar-refractivity contribution in [1.82, 2.24) is 15.0 Å². The van der Waals surface area contributed by atoms with Gasteiger partial charge in [0.05, 0.1) is 12.2 Å². The minimum absolute atomic E-state index is 0.158. The molecule has 1 fully saturated rings. The van der Waals surface area contributed by atoms with Crippen molar-refractivity contribution in [2.75, 3.05) is 16.8 Å². The van der Waals surface area contributed by atoms with Crippen LogP contribution in [-0.4, -0.2) is 44.7 Å². The smallest absolute Gasteiger partial charge is 0.326 e. The summed E-state index contributed by atoms with van der Waals surface area (Å²) in [5, 5.41) is 13.8. The van der Waals surface area contributed by atoms with Gasteiger partial charge in [0.25, 0.3) is 6.01 Å². The third-order valence-electron chi connectivity index (χ3n) is 4.93. The second-order valence-electron chi connectivity index (χ2n) is 6.79. The van der Waals surface area contributed by atoms with E-state index in [1.807, 2.05) is 24.3 Å². The normalized spacial score (nSPS) is 19.5. The Bertz CT molecular complexity index is 1170. The Hall–Kier alpha value is -3.62. The molecule has 9 heteroatoms. The highest BCUT2D eigenvalue weighted by atomic mass is 16.4. The van der Waals surface area contributed by atoms with Crippen LogP contribution in [-0.2, 0) is 4.79 Å². The number of aromatic nitrogens is 3. The number of nitrogens with zero attached hydrogens (tertiary/aromatic N) is 4. The molecule has 2 N–H and O–H groups in total. The van der Waals surface area contributed by atoms with E-state index in [1.54, 1.807) is 11.8 Å². The number of hydrogen-bond donors (Lipinski definition) is 2. The number of anilines is 2. The molecule has 2 atom stereocenters. The third kappa shape index (κ3) is 2.63. The molecule has 0 amide bonds. The van der Waals surface area contributed by atoms with Crippen molar-refractivity contribution in [2.24, 2.45) is 0 Å². The summed E-state index contributed by atoms with van der Waals surface area (Å²) in [7, 11) is 0. The van der Waals surface area contributed by atoms with E-state index in [4.69, 9.17) is 8.83 Å². The molecule has 5 rings (SSSR count). The number of carbonyl (C=O) groups is 1. The van der Waals surface area contributed by atoms with Crippen LogP contribution in [0.3, 0.4) is 0 Å². The molecule has 1 aliphatic rings. The van der Waals surface area contributed by atoms with Gasteiger partial charge in [0.2, 0.25) is 0 Å². The number of para-hydroxylation sites is 1. The summed E-state index contributed by atoms with van der Waals surface area (Å²) in [5.41, 5.74) is 1.88. The monoisotopic (exact) mass is 379 g/mol. The number of aryl methyl sites for hydroxylation is 1. The molecule has 1 aliphatic heterocycles. The maximum absolute atomic E-state index is 11.9. The molecule has 142 valence electrons. The molecular weight excluding hydrogens is 362 g/mol. The number of fused-ring (bicyclic) bond motifs is 3. The van der Waals surface area contributed by atoms with Crippen LogP contribution in [0.4, 0.5) is 11.8 Å². The van der Waals surface area contributed by atoms with Gasteiger partial charge in [-0.25, -0.2) is 19.7 Å². The van der Waals surface area contributed by atoms with Gasteiger partial charge in [0.15, 0.2) is 11.4 Å². The van der Waals surface area contributed by atoms with Crippen LogP contribution in [0.5, 0.6) is 0 Å². The number of carboxylic acids is 1. The zero-order chi connectivity index (χ0) is 19.3. The van der Waals surface area contributed by atoms with E-state index in [9.17, 15) is 9.90 Å². The first kappa shape index (κ1) is 16.5. The van der Waals surface area contributed by atoms with Crippen molar-refractivity contribution in [3.8, 4) is 0 Å². The maximum Gasteiger partial charge on any atom is 0.326 e. The van der Waals surface area contributed by atoms with Crippen LogP contribution < -0.4 is 10.2 Å². The lowest BCUT2D eigenvalue weighted by atomic mass is 10.2. The molecule has 28 heavy (non-hydrogen) atoms. The number of benzene rings is 1. The Balaban J connectivity index is 1.60. The van der Waals surface area contributed by atoms with E-state index in [-0.39, 0.29) is 6.04 Å². The molecule has 0 spiro atoms. The minimum Gasteiger partial charge on any atom is -0.480 e. The van der Waals surface area contributed by atoms with Crippen LogP contribution >= 0.6 is 0 Å². The minimum atomic E-state index is -0.919. The van der Waals surface area contributed by atoms with Gasteiger partial charge >= 0.3 is 5.97 Å². The molecule has 4 heterocycles. The van der Waals surface area contributed by atoms with Crippen molar-refractivity contribution in [3.63, 3.8) is 0 Å². The summed E-state index contributed by atoms with van der Waals surface area (Å²) in [6.07, 6.45) is 3.38. The SMILES string of the molecule is Cc1nc(N2CC(Nc3ncco3)CC2C(=O)O)c2oc3ccccc3c2n1. The van der Waals surface area contributed by atoms with Gasteiger partial charge < -0.3 is 24.2 Å². The van der Waals surface area contributed by atoms with Gasteiger partial charge in [0, 0.05) is 18.4 Å². The molecular formula is C19H17N5O4. The number of rotatable bonds is 4. The first-order valence-corrected chi connectivity index (χ1v) is 8.91. The summed E-state index contributed by atoms with van der Waals surface area (Å²) in [5.74, 6) is 0.127. The van der Waals surface area contributed by atoms with Gasteiger partial charge in [-0.1, -0.05) is 12.1 Å². The summed E-state index contributed by atoms with van der Waals surface area (Å²) in [6.45, 7) is 2.21. The van der Waals surface area contributed by atoms with E-state index in [0.29, 0.717) is 47.3 Å². The van der Waals surface area contributed by atoms with Crippen molar-refractivity contribution in [3.05, 3.63) is 42.5 Å². The fraction of sp³-hybridized carbons (Fsp3) is 0.263. The predicted octanol–water partition coefficient (Wildman–Crippen LogP) is 2.82. The van der Waals surface area contributed by atoms with Crippen molar-refractivity contribution >= 4 is 39.9 Å². The molecule has 0 radical (unpaired) electrons. The molecule has 0 bridgehead atoms. The van der Waals surface area contributed by atoms with Gasteiger partial charge in [-0.2, -0.15) is 0 Å². The average Bonchev–Trinajstić information content (AvgIpc) is 3.40. The number of carboxylic acid groups (broad SMARTS) is 1. The highest BCUT2D eigenvalue weighted by Crippen LogP contribution is 2.36. The standard InChI is InChI=1S/C19H17N5O4/c1-10-21-15-12-4-2-3-5-14(12)28-16(15)17(22-10)24-9-11(8-13(24)18(25)26)23-19-20-6-7-27-19/h2-7,11,13H,8-9H2,1H3,(H,20,23)(H,25,26). The van der Waals surface area contributed by atoms with Gasteiger partial charge in [-0.05, 0) is 19.1 Å². The number of hydrogen-bond acceptors (Lipinski definition) is 8. The fourth-order valence-electron chi connectivity index (χ4n) is 3.76. The highest BCUT2D eigenvalue weighted by Gasteiger charge is 2.39.